The smallest absolute Gasteiger partial charge is 0.253 e. The van der Waals surface area contributed by atoms with Gasteiger partial charge in [-0.1, -0.05) is 12.1 Å². The van der Waals surface area contributed by atoms with E-state index in [-0.39, 0.29) is 12.0 Å². The van der Waals surface area contributed by atoms with Gasteiger partial charge in [0.05, 0.1) is 23.8 Å². The Morgan fingerprint density at radius 2 is 2.29 bits per heavy atom. The summed E-state index contributed by atoms with van der Waals surface area (Å²) >= 11 is 0. The highest BCUT2D eigenvalue weighted by atomic mass is 16.5. The number of anilines is 1. The minimum atomic E-state index is -0.422. The number of ether oxygens (including phenoxy) is 1. The molecule has 6 nitrogen and oxygen atoms in total. The molecule has 0 aliphatic carbocycles. The summed E-state index contributed by atoms with van der Waals surface area (Å²) in [6.45, 7) is 0.454. The molecule has 2 heterocycles. The molecule has 110 valence electrons. The molecule has 0 saturated carbocycles. The third kappa shape index (κ3) is 2.96. The second kappa shape index (κ2) is 6.07. The van der Waals surface area contributed by atoms with Gasteiger partial charge < -0.3 is 20.4 Å². The average molecular weight is 286 g/mol. The summed E-state index contributed by atoms with van der Waals surface area (Å²) < 4.78 is 7.47. The van der Waals surface area contributed by atoms with Gasteiger partial charge in [0.1, 0.15) is 6.10 Å². The Balaban J connectivity index is 1.75. The third-order valence-corrected chi connectivity index (χ3v) is 3.61. The third-order valence-electron chi connectivity index (χ3n) is 3.61. The Morgan fingerprint density at radius 1 is 1.43 bits per heavy atom. The van der Waals surface area contributed by atoms with Crippen molar-refractivity contribution in [3.63, 3.8) is 0 Å². The lowest BCUT2D eigenvalue weighted by molar-refractivity contribution is -0.126. The van der Waals surface area contributed by atoms with Crippen molar-refractivity contribution in [1.29, 1.82) is 0 Å². The van der Waals surface area contributed by atoms with Crippen molar-refractivity contribution < 1.29 is 9.53 Å². The molecule has 1 aliphatic rings. The Labute approximate surface area is 122 Å². The fraction of sp³-hybridized carbons (Fsp3) is 0.333. The predicted octanol–water partition coefficient (Wildman–Crippen LogP) is 1.32. The predicted molar refractivity (Wildman–Crippen MR) is 79.1 cm³/mol. The number of carbonyl (C=O) groups is 1. The zero-order chi connectivity index (χ0) is 14.7. The maximum atomic E-state index is 12.3. The summed E-state index contributed by atoms with van der Waals surface area (Å²) in [4.78, 5) is 16.3. The molecule has 2 aromatic rings. The molecule has 6 heteroatoms. The lowest BCUT2D eigenvalue weighted by atomic mass is 10.2. The zero-order valence-electron chi connectivity index (χ0n) is 11.6. The zero-order valence-corrected chi connectivity index (χ0v) is 11.6. The second-order valence-electron chi connectivity index (χ2n) is 5.04. The highest BCUT2D eigenvalue weighted by molar-refractivity contribution is 5.96. The van der Waals surface area contributed by atoms with Crippen LogP contribution in [0.2, 0.25) is 0 Å². The van der Waals surface area contributed by atoms with Gasteiger partial charge in [0.2, 0.25) is 0 Å². The van der Waals surface area contributed by atoms with E-state index < -0.39 is 6.10 Å². The van der Waals surface area contributed by atoms with E-state index in [0.29, 0.717) is 13.0 Å². The maximum Gasteiger partial charge on any atom is 0.253 e. The molecule has 0 spiro atoms. The number of amides is 1. The Kier molecular flexibility index (Phi) is 3.98. The molecule has 0 bridgehead atoms. The van der Waals surface area contributed by atoms with Crippen molar-refractivity contribution in [3.8, 4) is 5.69 Å². The van der Waals surface area contributed by atoms with E-state index in [9.17, 15) is 4.79 Å². The molecule has 3 N–H and O–H groups in total. The first kappa shape index (κ1) is 13.8. The topological polar surface area (TPSA) is 82.2 Å². The van der Waals surface area contributed by atoms with Gasteiger partial charge in [0.25, 0.3) is 5.91 Å². The minimum absolute atomic E-state index is 0.00959. The van der Waals surface area contributed by atoms with Crippen LogP contribution in [0.1, 0.15) is 12.8 Å². The van der Waals surface area contributed by atoms with Crippen LogP contribution in [-0.2, 0) is 9.53 Å². The lowest BCUT2D eigenvalue weighted by Crippen LogP contribution is -2.30. The molecular formula is C15H18N4O2. The van der Waals surface area contributed by atoms with Crippen molar-refractivity contribution >= 4 is 11.6 Å². The number of hydrogen-bond donors (Lipinski definition) is 2. The van der Waals surface area contributed by atoms with Crippen molar-refractivity contribution in [2.45, 2.75) is 25.0 Å². The first-order valence-electron chi connectivity index (χ1n) is 7.01. The maximum absolute atomic E-state index is 12.3. The van der Waals surface area contributed by atoms with Crippen LogP contribution in [0, 0.1) is 0 Å². The van der Waals surface area contributed by atoms with Crippen molar-refractivity contribution in [1.82, 2.24) is 9.55 Å². The number of aromatic nitrogens is 2. The molecule has 0 unspecified atom stereocenters. The van der Waals surface area contributed by atoms with Crippen molar-refractivity contribution in [2.24, 2.45) is 5.73 Å². The largest absolute Gasteiger partial charge is 0.364 e. The molecule has 3 rings (SSSR count). The summed E-state index contributed by atoms with van der Waals surface area (Å²) in [7, 11) is 0. The number of nitrogens with one attached hydrogen (secondary N) is 1. The van der Waals surface area contributed by atoms with Gasteiger partial charge in [-0.05, 0) is 25.0 Å². The molecule has 1 saturated heterocycles. The summed E-state index contributed by atoms with van der Waals surface area (Å²) in [5.74, 6) is -0.126. The van der Waals surface area contributed by atoms with Gasteiger partial charge in [0.15, 0.2) is 0 Å². The molecule has 21 heavy (non-hydrogen) atoms. The fourth-order valence-electron chi connectivity index (χ4n) is 2.49. The molecular weight excluding hydrogens is 268 g/mol. The highest BCUT2D eigenvalue weighted by Crippen LogP contribution is 2.23. The van der Waals surface area contributed by atoms with E-state index in [1.807, 2.05) is 35.0 Å². The van der Waals surface area contributed by atoms with Crippen LogP contribution in [0.4, 0.5) is 5.69 Å². The van der Waals surface area contributed by atoms with E-state index >= 15 is 0 Å². The number of imidazole rings is 1. The molecule has 0 radical (unpaired) electrons. The van der Waals surface area contributed by atoms with Gasteiger partial charge in [0, 0.05) is 18.9 Å². The van der Waals surface area contributed by atoms with Gasteiger partial charge in [-0.15, -0.1) is 0 Å². The van der Waals surface area contributed by atoms with Gasteiger partial charge >= 0.3 is 0 Å². The van der Waals surface area contributed by atoms with Crippen molar-refractivity contribution in [3.05, 3.63) is 43.0 Å². The summed E-state index contributed by atoms with van der Waals surface area (Å²) in [6, 6.07) is 7.59. The van der Waals surface area contributed by atoms with Crippen LogP contribution >= 0.6 is 0 Å². The summed E-state index contributed by atoms with van der Waals surface area (Å²) in [5.41, 5.74) is 7.18. The highest BCUT2D eigenvalue weighted by Gasteiger charge is 2.30. The SMILES string of the molecule is NC[C@H]1CC[C@@H](C(=O)Nc2ccccc2-n2ccnc2)O1. The standard InChI is InChI=1S/C15H18N4O2/c16-9-11-5-6-14(21-11)15(20)18-12-3-1-2-4-13(12)19-8-7-17-10-19/h1-4,7-8,10-11,14H,5-6,9,16H2,(H,18,20)/t11-,14+/m1/s1. The Hall–Kier alpha value is -2.18. The van der Waals surface area contributed by atoms with Crippen LogP contribution in [0.5, 0.6) is 0 Å². The Morgan fingerprint density at radius 3 is 3.00 bits per heavy atom. The number of para-hydroxylation sites is 2. The molecule has 2 atom stereocenters. The summed E-state index contributed by atoms with van der Waals surface area (Å²) in [5, 5.41) is 2.93. The quantitative estimate of drug-likeness (QED) is 0.888. The number of carbonyl (C=O) groups excluding carboxylic acids is 1. The average Bonchev–Trinajstić information content (AvgIpc) is 3.19. The minimum Gasteiger partial charge on any atom is -0.364 e. The molecule has 1 fully saturated rings. The van der Waals surface area contributed by atoms with Gasteiger partial charge in [-0.2, -0.15) is 0 Å². The number of hydrogen-bond acceptors (Lipinski definition) is 4. The van der Waals surface area contributed by atoms with E-state index in [0.717, 1.165) is 17.8 Å². The van der Waals surface area contributed by atoms with E-state index in [2.05, 4.69) is 10.3 Å². The first-order chi connectivity index (χ1) is 10.3. The van der Waals surface area contributed by atoms with Crippen LogP contribution in [0.15, 0.2) is 43.0 Å². The van der Waals surface area contributed by atoms with Crippen molar-refractivity contribution in [2.75, 3.05) is 11.9 Å². The van der Waals surface area contributed by atoms with Crippen LogP contribution < -0.4 is 11.1 Å². The number of rotatable bonds is 4. The van der Waals surface area contributed by atoms with E-state index in [4.69, 9.17) is 10.5 Å². The molecule has 1 aromatic carbocycles. The molecule has 1 aromatic heterocycles. The number of nitrogens with two attached hydrogens (primary N) is 1. The molecule has 1 aliphatic heterocycles. The number of nitrogens with zero attached hydrogens (tertiary/aromatic N) is 2. The first-order valence-corrected chi connectivity index (χ1v) is 7.01. The second-order valence-corrected chi connectivity index (χ2v) is 5.04. The Bertz CT molecular complexity index is 612. The van der Waals surface area contributed by atoms with Crippen LogP contribution in [-0.4, -0.2) is 34.2 Å². The lowest BCUT2D eigenvalue weighted by Gasteiger charge is -2.15. The van der Waals surface area contributed by atoms with Crippen LogP contribution in [0.25, 0.3) is 5.69 Å². The number of benzene rings is 1. The molecule has 1 amide bonds. The van der Waals surface area contributed by atoms with E-state index in [1.165, 1.54) is 0 Å². The monoisotopic (exact) mass is 286 g/mol. The fourth-order valence-corrected chi connectivity index (χ4v) is 2.49. The normalized spacial score (nSPS) is 21.4. The van der Waals surface area contributed by atoms with Gasteiger partial charge in [-0.25, -0.2) is 4.98 Å². The van der Waals surface area contributed by atoms with E-state index in [1.54, 1.807) is 12.5 Å². The van der Waals surface area contributed by atoms with Crippen LogP contribution in [0.3, 0.4) is 0 Å². The van der Waals surface area contributed by atoms with Gasteiger partial charge in [-0.3, -0.25) is 4.79 Å². The summed E-state index contributed by atoms with van der Waals surface area (Å²) in [6.07, 6.45) is 6.34.